The Balaban J connectivity index is 2.03. The minimum Gasteiger partial charge on any atom is -0.481 e. The number of carbonyl (C=O) groups is 2. The second-order valence-corrected chi connectivity index (χ2v) is 5.23. The fourth-order valence-corrected chi connectivity index (χ4v) is 2.59. The summed E-state index contributed by atoms with van der Waals surface area (Å²) in [6, 6.07) is 6.42. The molecule has 1 unspecified atom stereocenters. The van der Waals surface area contributed by atoms with E-state index in [4.69, 9.17) is 5.11 Å². The Morgan fingerprint density at radius 1 is 1.33 bits per heavy atom. The average molecular weight is 292 g/mol. The molecule has 3 N–H and O–H groups in total. The van der Waals surface area contributed by atoms with Crippen molar-refractivity contribution < 1.29 is 19.8 Å². The highest BCUT2D eigenvalue weighted by Gasteiger charge is 2.26. The molecule has 0 aromatic heterocycles. The van der Waals surface area contributed by atoms with Gasteiger partial charge in [-0.2, -0.15) is 0 Å². The van der Waals surface area contributed by atoms with Crippen LogP contribution >= 0.6 is 0 Å². The summed E-state index contributed by atoms with van der Waals surface area (Å²) in [5.74, 6) is -0.908. The number of likely N-dealkylation sites (tertiary alicyclic amines) is 1. The smallest absolute Gasteiger partial charge is 0.322 e. The van der Waals surface area contributed by atoms with Crippen LogP contribution in [0, 0.1) is 0 Å². The monoisotopic (exact) mass is 292 g/mol. The van der Waals surface area contributed by atoms with Gasteiger partial charge in [0.05, 0.1) is 19.1 Å². The largest absolute Gasteiger partial charge is 0.481 e. The first kappa shape index (κ1) is 15.3. The summed E-state index contributed by atoms with van der Waals surface area (Å²) >= 11 is 0. The molecule has 0 spiro atoms. The van der Waals surface area contributed by atoms with E-state index in [1.807, 2.05) is 0 Å². The number of carboxylic acids is 1. The molecule has 2 amide bonds. The average Bonchev–Trinajstić information content (AvgIpc) is 2.46. The van der Waals surface area contributed by atoms with Gasteiger partial charge in [0.2, 0.25) is 0 Å². The summed E-state index contributed by atoms with van der Waals surface area (Å²) < 4.78 is 0. The zero-order chi connectivity index (χ0) is 15.2. The topological polar surface area (TPSA) is 89.9 Å². The van der Waals surface area contributed by atoms with Crippen molar-refractivity contribution in [1.82, 2.24) is 4.90 Å². The van der Waals surface area contributed by atoms with Crippen molar-refractivity contribution in [1.29, 1.82) is 0 Å². The molecule has 1 fully saturated rings. The molecule has 21 heavy (non-hydrogen) atoms. The van der Waals surface area contributed by atoms with E-state index in [-0.39, 0.29) is 25.1 Å². The molecule has 1 aromatic rings. The number of nitrogens with zero attached hydrogens (tertiary/aromatic N) is 1. The van der Waals surface area contributed by atoms with E-state index in [1.165, 1.54) is 0 Å². The Kier molecular flexibility index (Phi) is 5.16. The van der Waals surface area contributed by atoms with Gasteiger partial charge < -0.3 is 20.4 Å². The molecule has 2 rings (SSSR count). The molecule has 0 saturated carbocycles. The van der Waals surface area contributed by atoms with Gasteiger partial charge in [0, 0.05) is 12.2 Å². The maximum absolute atomic E-state index is 12.3. The van der Waals surface area contributed by atoms with Crippen molar-refractivity contribution in [2.75, 3.05) is 18.5 Å². The number of aliphatic hydroxyl groups is 1. The summed E-state index contributed by atoms with van der Waals surface area (Å²) in [7, 11) is 0. The SMILES string of the molecule is O=C(O)Cc1cccc(NC(=O)N2CCCCC2CO)c1. The first-order valence-electron chi connectivity index (χ1n) is 7.09. The van der Waals surface area contributed by atoms with Crippen LogP contribution in [-0.2, 0) is 11.2 Å². The lowest BCUT2D eigenvalue weighted by Crippen LogP contribution is -2.47. The minimum absolute atomic E-state index is 0.0352. The van der Waals surface area contributed by atoms with Crippen LogP contribution in [0.5, 0.6) is 0 Å². The molecule has 0 bridgehead atoms. The van der Waals surface area contributed by atoms with Crippen LogP contribution in [0.15, 0.2) is 24.3 Å². The van der Waals surface area contributed by atoms with E-state index in [1.54, 1.807) is 29.2 Å². The fraction of sp³-hybridized carbons (Fsp3) is 0.467. The number of anilines is 1. The lowest BCUT2D eigenvalue weighted by atomic mass is 10.0. The Bertz CT molecular complexity index is 518. The number of aliphatic carboxylic acids is 1. The van der Waals surface area contributed by atoms with Gasteiger partial charge in [-0.3, -0.25) is 4.79 Å². The summed E-state index contributed by atoms with van der Waals surface area (Å²) in [5.41, 5.74) is 1.21. The molecular formula is C15H20N2O4. The maximum Gasteiger partial charge on any atom is 0.322 e. The number of carbonyl (C=O) groups excluding carboxylic acids is 1. The van der Waals surface area contributed by atoms with Gasteiger partial charge in [0.1, 0.15) is 0 Å². The van der Waals surface area contributed by atoms with Crippen molar-refractivity contribution in [2.24, 2.45) is 0 Å². The number of amides is 2. The van der Waals surface area contributed by atoms with Gasteiger partial charge in [0.15, 0.2) is 0 Å². The highest BCUT2D eigenvalue weighted by atomic mass is 16.4. The molecule has 114 valence electrons. The third-order valence-corrected chi connectivity index (χ3v) is 3.63. The van der Waals surface area contributed by atoms with E-state index in [0.717, 1.165) is 19.3 Å². The van der Waals surface area contributed by atoms with Crippen LogP contribution in [0.1, 0.15) is 24.8 Å². The summed E-state index contributed by atoms with van der Waals surface area (Å²) in [6.45, 7) is 0.596. The third kappa shape index (κ3) is 4.19. The van der Waals surface area contributed by atoms with E-state index in [9.17, 15) is 14.7 Å². The first-order valence-corrected chi connectivity index (χ1v) is 7.09. The van der Waals surface area contributed by atoms with Gasteiger partial charge in [-0.25, -0.2) is 4.79 Å². The second kappa shape index (κ2) is 7.08. The third-order valence-electron chi connectivity index (χ3n) is 3.63. The molecule has 1 saturated heterocycles. The number of hydrogen-bond acceptors (Lipinski definition) is 3. The first-order chi connectivity index (χ1) is 10.1. The van der Waals surface area contributed by atoms with Gasteiger partial charge in [-0.05, 0) is 37.0 Å². The van der Waals surface area contributed by atoms with E-state index in [2.05, 4.69) is 5.32 Å². The number of rotatable bonds is 4. The molecule has 1 aromatic carbocycles. The predicted octanol–water partition coefficient (Wildman–Crippen LogP) is 1.69. The number of urea groups is 1. The standard InChI is InChI=1S/C15H20N2O4/c18-10-13-6-1-2-7-17(13)15(21)16-12-5-3-4-11(8-12)9-14(19)20/h3-5,8,13,18H,1-2,6-7,9-10H2,(H,16,21)(H,19,20). The Morgan fingerprint density at radius 3 is 2.86 bits per heavy atom. The molecule has 1 atom stereocenters. The van der Waals surface area contributed by atoms with Crippen LogP contribution in [0.25, 0.3) is 0 Å². The molecule has 1 aliphatic heterocycles. The summed E-state index contributed by atoms with van der Waals surface area (Å²) in [6.07, 6.45) is 2.68. The van der Waals surface area contributed by atoms with E-state index < -0.39 is 5.97 Å². The fourth-order valence-electron chi connectivity index (χ4n) is 2.59. The zero-order valence-corrected chi connectivity index (χ0v) is 11.8. The molecule has 0 aliphatic carbocycles. The maximum atomic E-state index is 12.3. The number of benzene rings is 1. The van der Waals surface area contributed by atoms with Crippen molar-refractivity contribution in [3.63, 3.8) is 0 Å². The van der Waals surface area contributed by atoms with Gasteiger partial charge >= 0.3 is 12.0 Å². The molecule has 6 nitrogen and oxygen atoms in total. The van der Waals surface area contributed by atoms with Gasteiger partial charge in [-0.15, -0.1) is 0 Å². The number of piperidine rings is 1. The van der Waals surface area contributed by atoms with Crippen LogP contribution in [0.3, 0.4) is 0 Å². The van der Waals surface area contributed by atoms with Crippen molar-refractivity contribution in [2.45, 2.75) is 31.7 Å². The highest BCUT2D eigenvalue weighted by Crippen LogP contribution is 2.19. The molecule has 1 aliphatic rings. The Labute approximate surface area is 123 Å². The number of nitrogens with one attached hydrogen (secondary N) is 1. The van der Waals surface area contributed by atoms with Crippen LogP contribution in [0.4, 0.5) is 10.5 Å². The normalized spacial score (nSPS) is 18.3. The zero-order valence-electron chi connectivity index (χ0n) is 11.8. The number of hydrogen-bond donors (Lipinski definition) is 3. The lowest BCUT2D eigenvalue weighted by molar-refractivity contribution is -0.136. The molecule has 1 heterocycles. The van der Waals surface area contributed by atoms with Crippen LogP contribution in [-0.4, -0.2) is 46.3 Å². The number of carboxylic acid groups (broad SMARTS) is 1. The van der Waals surface area contributed by atoms with Gasteiger partial charge in [-0.1, -0.05) is 12.1 Å². The van der Waals surface area contributed by atoms with Crippen molar-refractivity contribution in [3.8, 4) is 0 Å². The van der Waals surface area contributed by atoms with Crippen molar-refractivity contribution in [3.05, 3.63) is 29.8 Å². The molecule has 6 heteroatoms. The Hall–Kier alpha value is -2.08. The molecular weight excluding hydrogens is 272 g/mol. The lowest BCUT2D eigenvalue weighted by Gasteiger charge is -2.34. The minimum atomic E-state index is -0.908. The Morgan fingerprint density at radius 2 is 2.14 bits per heavy atom. The van der Waals surface area contributed by atoms with Gasteiger partial charge in [0.25, 0.3) is 0 Å². The summed E-state index contributed by atoms with van der Waals surface area (Å²) in [5, 5.41) is 20.9. The van der Waals surface area contributed by atoms with Crippen LogP contribution < -0.4 is 5.32 Å². The molecule has 0 radical (unpaired) electrons. The second-order valence-electron chi connectivity index (χ2n) is 5.23. The quantitative estimate of drug-likeness (QED) is 0.787. The number of aliphatic hydroxyl groups excluding tert-OH is 1. The van der Waals surface area contributed by atoms with E-state index >= 15 is 0 Å². The highest BCUT2D eigenvalue weighted by molar-refractivity contribution is 5.89. The van der Waals surface area contributed by atoms with Crippen molar-refractivity contribution >= 4 is 17.7 Å². The predicted molar refractivity (Wildman–Crippen MR) is 78.2 cm³/mol. The van der Waals surface area contributed by atoms with E-state index in [0.29, 0.717) is 17.8 Å². The van der Waals surface area contributed by atoms with Crippen LogP contribution in [0.2, 0.25) is 0 Å². The summed E-state index contributed by atoms with van der Waals surface area (Å²) in [4.78, 5) is 24.6.